The van der Waals surface area contributed by atoms with E-state index < -0.39 is 27.6 Å². The highest BCUT2D eigenvalue weighted by atomic mass is 32.2. The number of aliphatic hydroxyl groups excluding tert-OH is 1. The normalized spacial score (nSPS) is 13.0. The number of hydrogen-bond acceptors (Lipinski definition) is 3. The maximum atomic E-state index is 13.5. The zero-order valence-electron chi connectivity index (χ0n) is 11.2. The number of halogens is 1. The van der Waals surface area contributed by atoms with Gasteiger partial charge in [-0.05, 0) is 11.6 Å². The van der Waals surface area contributed by atoms with Crippen LogP contribution in [0.25, 0.3) is 0 Å². The van der Waals surface area contributed by atoms with E-state index in [4.69, 9.17) is 0 Å². The van der Waals surface area contributed by atoms with Crippen molar-refractivity contribution in [2.75, 3.05) is 6.61 Å². The molecule has 0 aliphatic heterocycles. The van der Waals surface area contributed by atoms with Crippen LogP contribution in [0.3, 0.4) is 0 Å². The first-order valence-corrected chi connectivity index (χ1v) is 8.06. The number of rotatable bonds is 6. The smallest absolute Gasteiger partial charge is 0.216 e. The van der Waals surface area contributed by atoms with E-state index in [1.165, 1.54) is 18.2 Å². The van der Waals surface area contributed by atoms with Gasteiger partial charge in [0.1, 0.15) is 5.82 Å². The van der Waals surface area contributed by atoms with E-state index in [2.05, 4.69) is 4.72 Å². The van der Waals surface area contributed by atoms with Crippen LogP contribution in [0.15, 0.2) is 54.6 Å². The maximum absolute atomic E-state index is 13.5. The van der Waals surface area contributed by atoms with Gasteiger partial charge < -0.3 is 5.11 Å². The van der Waals surface area contributed by atoms with Crippen molar-refractivity contribution in [2.24, 2.45) is 0 Å². The van der Waals surface area contributed by atoms with Gasteiger partial charge in [0.15, 0.2) is 0 Å². The Morgan fingerprint density at radius 2 is 1.67 bits per heavy atom. The molecule has 0 radical (unpaired) electrons. The number of sulfonamides is 1. The van der Waals surface area contributed by atoms with E-state index in [9.17, 15) is 17.9 Å². The summed E-state index contributed by atoms with van der Waals surface area (Å²) >= 11 is 0. The lowest BCUT2D eigenvalue weighted by atomic mass is 10.1. The summed E-state index contributed by atoms with van der Waals surface area (Å²) in [7, 11) is -3.77. The van der Waals surface area contributed by atoms with Crippen LogP contribution in [-0.2, 0) is 15.8 Å². The van der Waals surface area contributed by atoms with Crippen LogP contribution in [0.1, 0.15) is 17.2 Å². The molecule has 0 spiro atoms. The van der Waals surface area contributed by atoms with Gasteiger partial charge in [0, 0.05) is 5.56 Å². The Hall–Kier alpha value is -1.76. The first-order valence-electron chi connectivity index (χ1n) is 6.41. The van der Waals surface area contributed by atoms with E-state index in [1.807, 2.05) is 0 Å². The quantitative estimate of drug-likeness (QED) is 0.857. The summed E-state index contributed by atoms with van der Waals surface area (Å²) in [6.07, 6.45) is 0. The molecule has 21 heavy (non-hydrogen) atoms. The van der Waals surface area contributed by atoms with E-state index in [0.29, 0.717) is 5.56 Å². The average molecular weight is 309 g/mol. The molecule has 0 aromatic heterocycles. The second-order valence-electron chi connectivity index (χ2n) is 4.61. The van der Waals surface area contributed by atoms with Crippen molar-refractivity contribution in [2.45, 2.75) is 11.8 Å². The Labute approximate surface area is 123 Å². The van der Waals surface area contributed by atoms with E-state index in [1.54, 1.807) is 36.4 Å². The van der Waals surface area contributed by atoms with E-state index >= 15 is 0 Å². The summed E-state index contributed by atoms with van der Waals surface area (Å²) in [5.41, 5.74) is 0.742. The minimum absolute atomic E-state index is 0.0924. The summed E-state index contributed by atoms with van der Waals surface area (Å²) in [5, 5.41) is 9.36. The highest BCUT2D eigenvalue weighted by Gasteiger charge is 2.20. The molecule has 2 aromatic rings. The topological polar surface area (TPSA) is 66.4 Å². The molecule has 112 valence electrons. The average Bonchev–Trinajstić information content (AvgIpc) is 2.48. The van der Waals surface area contributed by atoms with Crippen LogP contribution < -0.4 is 4.72 Å². The van der Waals surface area contributed by atoms with Gasteiger partial charge in [-0.15, -0.1) is 0 Å². The Kier molecular flexibility index (Phi) is 5.06. The first-order chi connectivity index (χ1) is 10.0. The Bertz CT molecular complexity index is 689. The Morgan fingerprint density at radius 1 is 1.05 bits per heavy atom. The second kappa shape index (κ2) is 6.80. The third-order valence-electron chi connectivity index (χ3n) is 3.01. The van der Waals surface area contributed by atoms with Crippen molar-refractivity contribution < 1.29 is 17.9 Å². The third kappa shape index (κ3) is 4.35. The summed E-state index contributed by atoms with van der Waals surface area (Å²) < 4.78 is 40.1. The van der Waals surface area contributed by atoms with Crippen LogP contribution >= 0.6 is 0 Å². The number of aliphatic hydroxyl groups is 1. The van der Waals surface area contributed by atoms with Gasteiger partial charge in [0.2, 0.25) is 10.0 Å². The second-order valence-corrected chi connectivity index (χ2v) is 6.37. The third-order valence-corrected chi connectivity index (χ3v) is 4.34. The standard InChI is InChI=1S/C15H16FNO3S/c16-14-9-5-4-8-13(14)11-21(19,20)17-15(10-18)12-6-2-1-3-7-12/h1-9,15,17-18H,10-11H2. The molecule has 0 saturated heterocycles. The minimum atomic E-state index is -3.77. The molecule has 2 rings (SSSR count). The fourth-order valence-electron chi connectivity index (χ4n) is 1.97. The van der Waals surface area contributed by atoms with Crippen molar-refractivity contribution in [3.8, 4) is 0 Å². The molecule has 0 aliphatic carbocycles. The summed E-state index contributed by atoms with van der Waals surface area (Å²) in [5.74, 6) is -1.04. The van der Waals surface area contributed by atoms with Crippen LogP contribution in [0.4, 0.5) is 4.39 Å². The lowest BCUT2D eigenvalue weighted by Crippen LogP contribution is -2.32. The zero-order valence-corrected chi connectivity index (χ0v) is 12.1. The SMILES string of the molecule is O=S(=O)(Cc1ccccc1F)NC(CO)c1ccccc1. The van der Waals surface area contributed by atoms with Gasteiger partial charge in [-0.3, -0.25) is 0 Å². The number of nitrogens with one attached hydrogen (secondary N) is 1. The number of hydrogen-bond donors (Lipinski definition) is 2. The molecule has 0 saturated carbocycles. The van der Waals surface area contributed by atoms with Gasteiger partial charge in [-0.2, -0.15) is 0 Å². The fraction of sp³-hybridized carbons (Fsp3) is 0.200. The molecule has 0 aliphatic rings. The maximum Gasteiger partial charge on any atom is 0.216 e. The lowest BCUT2D eigenvalue weighted by Gasteiger charge is -2.17. The monoisotopic (exact) mass is 309 g/mol. The molecule has 1 atom stereocenters. The largest absolute Gasteiger partial charge is 0.394 e. The van der Waals surface area contributed by atoms with Crippen LogP contribution in [-0.4, -0.2) is 20.1 Å². The van der Waals surface area contributed by atoms with E-state index in [-0.39, 0.29) is 12.2 Å². The molecule has 2 N–H and O–H groups in total. The van der Waals surface area contributed by atoms with Crippen LogP contribution in [0, 0.1) is 5.82 Å². The van der Waals surface area contributed by atoms with Crippen molar-refractivity contribution in [3.05, 3.63) is 71.5 Å². The molecule has 0 bridgehead atoms. The molecule has 0 heterocycles. The van der Waals surface area contributed by atoms with Crippen molar-refractivity contribution in [1.29, 1.82) is 0 Å². The summed E-state index contributed by atoms with van der Waals surface area (Å²) in [4.78, 5) is 0. The zero-order chi connectivity index (χ0) is 15.3. The highest BCUT2D eigenvalue weighted by molar-refractivity contribution is 7.88. The van der Waals surface area contributed by atoms with Crippen LogP contribution in [0.5, 0.6) is 0 Å². The molecular weight excluding hydrogens is 293 g/mol. The first kappa shape index (κ1) is 15.6. The van der Waals surface area contributed by atoms with Gasteiger partial charge in [0.25, 0.3) is 0 Å². The van der Waals surface area contributed by atoms with Gasteiger partial charge in [-0.1, -0.05) is 48.5 Å². The number of benzene rings is 2. The summed E-state index contributed by atoms with van der Waals surface area (Å²) in [6, 6.07) is 13.7. The minimum Gasteiger partial charge on any atom is -0.394 e. The molecule has 4 nitrogen and oxygen atoms in total. The van der Waals surface area contributed by atoms with Crippen LogP contribution in [0.2, 0.25) is 0 Å². The van der Waals surface area contributed by atoms with Crippen molar-refractivity contribution in [3.63, 3.8) is 0 Å². The summed E-state index contributed by atoms with van der Waals surface area (Å²) in [6.45, 7) is -0.374. The highest BCUT2D eigenvalue weighted by Crippen LogP contribution is 2.16. The molecule has 0 fully saturated rings. The lowest BCUT2D eigenvalue weighted by molar-refractivity contribution is 0.259. The van der Waals surface area contributed by atoms with Gasteiger partial charge in [0.05, 0.1) is 18.4 Å². The molecule has 2 aromatic carbocycles. The molecule has 0 amide bonds. The van der Waals surface area contributed by atoms with Gasteiger partial charge in [-0.25, -0.2) is 17.5 Å². The van der Waals surface area contributed by atoms with Gasteiger partial charge >= 0.3 is 0 Å². The van der Waals surface area contributed by atoms with E-state index in [0.717, 1.165) is 0 Å². The predicted octanol–water partition coefficient (Wildman–Crippen LogP) is 1.98. The molecule has 6 heteroatoms. The Morgan fingerprint density at radius 3 is 2.29 bits per heavy atom. The fourth-order valence-corrected chi connectivity index (χ4v) is 3.35. The molecular formula is C15H16FNO3S. The van der Waals surface area contributed by atoms with Crippen molar-refractivity contribution in [1.82, 2.24) is 4.72 Å². The molecule has 1 unspecified atom stereocenters. The Balaban J connectivity index is 2.15. The predicted molar refractivity (Wildman–Crippen MR) is 78.4 cm³/mol. The van der Waals surface area contributed by atoms with Crippen molar-refractivity contribution >= 4 is 10.0 Å².